The number of anilines is 1. The summed E-state index contributed by atoms with van der Waals surface area (Å²) in [7, 11) is 3.19. The molecule has 4 heteroatoms. The molecule has 0 aliphatic carbocycles. The number of nitrogens with one attached hydrogen (secondary N) is 1. The third-order valence-electron chi connectivity index (χ3n) is 4.11. The fourth-order valence-electron chi connectivity index (χ4n) is 2.81. The van der Waals surface area contributed by atoms with Crippen molar-refractivity contribution < 1.29 is 14.3 Å². The predicted octanol–water partition coefficient (Wildman–Crippen LogP) is 4.98. The molecule has 3 aromatic carbocycles. The highest BCUT2D eigenvalue weighted by Crippen LogP contribution is 2.30. The maximum absolute atomic E-state index is 13.0. The number of para-hydroxylation sites is 1. The lowest BCUT2D eigenvalue weighted by molar-refractivity contribution is 0.102. The molecule has 1 amide bonds. The van der Waals surface area contributed by atoms with E-state index in [1.807, 2.05) is 66.7 Å². The van der Waals surface area contributed by atoms with Crippen LogP contribution in [-0.4, -0.2) is 20.1 Å². The fourth-order valence-corrected chi connectivity index (χ4v) is 2.81. The van der Waals surface area contributed by atoms with E-state index in [1.165, 1.54) is 0 Å². The lowest BCUT2D eigenvalue weighted by Crippen LogP contribution is -2.14. The molecule has 4 nitrogen and oxygen atoms in total. The normalized spacial score (nSPS) is 11.0. The van der Waals surface area contributed by atoms with Gasteiger partial charge in [-0.1, -0.05) is 48.5 Å². The molecule has 1 N–H and O–H groups in total. The van der Waals surface area contributed by atoms with E-state index in [4.69, 9.17) is 9.47 Å². The molecule has 0 unspecified atom stereocenters. The minimum atomic E-state index is -0.197. The zero-order chi connectivity index (χ0) is 19.1. The first kappa shape index (κ1) is 18.3. The van der Waals surface area contributed by atoms with Crippen LogP contribution in [0.15, 0.2) is 85.1 Å². The van der Waals surface area contributed by atoms with E-state index >= 15 is 0 Å². The van der Waals surface area contributed by atoms with E-state index in [-0.39, 0.29) is 5.91 Å². The Labute approximate surface area is 159 Å². The minimum absolute atomic E-state index is 0.197. The molecule has 3 aromatic rings. The van der Waals surface area contributed by atoms with Crippen molar-refractivity contribution >= 4 is 17.2 Å². The van der Waals surface area contributed by atoms with Crippen LogP contribution >= 0.6 is 0 Å². The van der Waals surface area contributed by atoms with Crippen LogP contribution in [-0.2, 0) is 4.74 Å². The number of benzene rings is 3. The molecular formula is C23H21NO3. The molecule has 3 rings (SSSR count). The van der Waals surface area contributed by atoms with Gasteiger partial charge in [-0.15, -0.1) is 0 Å². The SMILES string of the molecule is CO/C=C(\c1ccccc1)c1cc(OC)ccc1C(=O)Nc1ccccc1. The molecule has 0 heterocycles. The van der Waals surface area contributed by atoms with Crippen molar-refractivity contribution in [2.75, 3.05) is 19.5 Å². The zero-order valence-electron chi connectivity index (χ0n) is 15.3. The van der Waals surface area contributed by atoms with Gasteiger partial charge >= 0.3 is 0 Å². The third-order valence-corrected chi connectivity index (χ3v) is 4.11. The Balaban J connectivity index is 2.07. The first-order valence-corrected chi connectivity index (χ1v) is 8.56. The van der Waals surface area contributed by atoms with Gasteiger partial charge in [0.2, 0.25) is 0 Å². The van der Waals surface area contributed by atoms with Gasteiger partial charge in [0, 0.05) is 22.4 Å². The number of methoxy groups -OCH3 is 2. The Morgan fingerprint density at radius 2 is 1.52 bits per heavy atom. The van der Waals surface area contributed by atoms with E-state index < -0.39 is 0 Å². The van der Waals surface area contributed by atoms with Crippen molar-refractivity contribution in [1.82, 2.24) is 0 Å². The van der Waals surface area contributed by atoms with Crippen LogP contribution in [0.25, 0.3) is 5.57 Å². The molecule has 0 radical (unpaired) electrons. The van der Waals surface area contributed by atoms with Gasteiger partial charge in [0.1, 0.15) is 5.75 Å². The van der Waals surface area contributed by atoms with Gasteiger partial charge in [-0.05, 0) is 35.9 Å². The van der Waals surface area contributed by atoms with Crippen LogP contribution in [0.1, 0.15) is 21.5 Å². The summed E-state index contributed by atoms with van der Waals surface area (Å²) in [6.07, 6.45) is 1.64. The van der Waals surface area contributed by atoms with E-state index in [9.17, 15) is 4.79 Å². The second-order valence-corrected chi connectivity index (χ2v) is 5.86. The summed E-state index contributed by atoms with van der Waals surface area (Å²) in [5.41, 5.74) is 3.75. The molecule has 0 atom stereocenters. The van der Waals surface area contributed by atoms with Crippen molar-refractivity contribution in [3.8, 4) is 5.75 Å². The van der Waals surface area contributed by atoms with Gasteiger partial charge < -0.3 is 14.8 Å². The molecule has 0 aromatic heterocycles. The number of ether oxygens (including phenoxy) is 2. The first-order valence-electron chi connectivity index (χ1n) is 8.56. The largest absolute Gasteiger partial charge is 0.504 e. The van der Waals surface area contributed by atoms with Gasteiger partial charge in [0.15, 0.2) is 0 Å². The van der Waals surface area contributed by atoms with Gasteiger partial charge in [-0.2, -0.15) is 0 Å². The molecule has 0 saturated carbocycles. The number of rotatable bonds is 6. The van der Waals surface area contributed by atoms with Crippen molar-refractivity contribution in [3.63, 3.8) is 0 Å². The molecule has 0 saturated heterocycles. The standard InChI is InChI=1S/C23H21NO3/c1-26-16-22(17-9-5-3-6-10-17)21-15-19(27-2)13-14-20(21)23(25)24-18-11-7-4-8-12-18/h3-16H,1-2H3,(H,24,25)/b22-16+. The topological polar surface area (TPSA) is 47.6 Å². The van der Waals surface area contributed by atoms with Crippen LogP contribution in [0, 0.1) is 0 Å². The third kappa shape index (κ3) is 4.36. The van der Waals surface area contributed by atoms with Crippen molar-refractivity contribution in [1.29, 1.82) is 0 Å². The zero-order valence-corrected chi connectivity index (χ0v) is 15.3. The number of hydrogen-bond acceptors (Lipinski definition) is 3. The van der Waals surface area contributed by atoms with E-state index in [0.717, 1.165) is 22.4 Å². The molecular weight excluding hydrogens is 338 g/mol. The number of amides is 1. The van der Waals surface area contributed by atoms with Gasteiger partial charge in [-0.3, -0.25) is 4.79 Å². The summed E-state index contributed by atoms with van der Waals surface area (Å²) in [6, 6.07) is 24.5. The highest BCUT2D eigenvalue weighted by Gasteiger charge is 2.17. The Hall–Kier alpha value is -3.53. The Kier molecular flexibility index (Phi) is 5.90. The Bertz CT molecular complexity index is 934. The molecule has 27 heavy (non-hydrogen) atoms. The Morgan fingerprint density at radius 3 is 2.15 bits per heavy atom. The second kappa shape index (κ2) is 8.72. The maximum atomic E-state index is 13.0. The average Bonchev–Trinajstić information content (AvgIpc) is 2.73. The number of carbonyl (C=O) groups excluding carboxylic acids is 1. The predicted molar refractivity (Wildman–Crippen MR) is 108 cm³/mol. The first-order chi connectivity index (χ1) is 13.2. The summed E-state index contributed by atoms with van der Waals surface area (Å²) >= 11 is 0. The van der Waals surface area contributed by atoms with Crippen molar-refractivity contribution in [2.45, 2.75) is 0 Å². The monoisotopic (exact) mass is 359 g/mol. The van der Waals surface area contributed by atoms with Gasteiger partial charge in [0.25, 0.3) is 5.91 Å². The lowest BCUT2D eigenvalue weighted by Gasteiger charge is -2.15. The number of hydrogen-bond donors (Lipinski definition) is 1. The average molecular weight is 359 g/mol. The molecule has 0 aliphatic rings. The van der Waals surface area contributed by atoms with Crippen molar-refractivity contribution in [3.05, 3.63) is 102 Å². The Morgan fingerprint density at radius 1 is 0.852 bits per heavy atom. The highest BCUT2D eigenvalue weighted by atomic mass is 16.5. The smallest absolute Gasteiger partial charge is 0.256 e. The lowest BCUT2D eigenvalue weighted by atomic mass is 9.94. The molecule has 0 aliphatic heterocycles. The van der Waals surface area contributed by atoms with Crippen LogP contribution in [0.3, 0.4) is 0 Å². The van der Waals surface area contributed by atoms with Crippen LogP contribution in [0.4, 0.5) is 5.69 Å². The maximum Gasteiger partial charge on any atom is 0.256 e. The molecule has 136 valence electrons. The van der Waals surface area contributed by atoms with Gasteiger partial charge in [-0.25, -0.2) is 0 Å². The van der Waals surface area contributed by atoms with Crippen LogP contribution in [0.2, 0.25) is 0 Å². The van der Waals surface area contributed by atoms with E-state index in [2.05, 4.69) is 5.32 Å². The summed E-state index contributed by atoms with van der Waals surface area (Å²) in [6.45, 7) is 0. The summed E-state index contributed by atoms with van der Waals surface area (Å²) in [5, 5.41) is 2.94. The second-order valence-electron chi connectivity index (χ2n) is 5.86. The quantitative estimate of drug-likeness (QED) is 0.631. The van der Waals surface area contributed by atoms with E-state index in [0.29, 0.717) is 11.3 Å². The van der Waals surface area contributed by atoms with Crippen molar-refractivity contribution in [2.24, 2.45) is 0 Å². The minimum Gasteiger partial charge on any atom is -0.504 e. The fraction of sp³-hybridized carbons (Fsp3) is 0.0870. The molecule has 0 fully saturated rings. The molecule has 0 bridgehead atoms. The highest BCUT2D eigenvalue weighted by molar-refractivity contribution is 6.08. The van der Waals surface area contributed by atoms with E-state index in [1.54, 1.807) is 32.6 Å². The van der Waals surface area contributed by atoms with Crippen LogP contribution < -0.4 is 10.1 Å². The number of carbonyl (C=O) groups is 1. The summed E-state index contributed by atoms with van der Waals surface area (Å²) in [5.74, 6) is 0.469. The summed E-state index contributed by atoms with van der Waals surface area (Å²) in [4.78, 5) is 13.0. The van der Waals surface area contributed by atoms with Gasteiger partial charge in [0.05, 0.1) is 20.5 Å². The molecule has 0 spiro atoms. The van der Waals surface area contributed by atoms with Crippen LogP contribution in [0.5, 0.6) is 5.75 Å². The summed E-state index contributed by atoms with van der Waals surface area (Å²) < 4.78 is 10.7.